The second-order valence-electron chi connectivity index (χ2n) is 1.47. The summed E-state index contributed by atoms with van der Waals surface area (Å²) < 4.78 is 14.4. The SMILES string of the molecule is COC1(C)OCO1. The number of rotatable bonds is 1. The average Bonchev–Trinajstić information content (AvgIpc) is 1.61. The third kappa shape index (κ3) is 0.748. The number of hydrogen-bond acceptors (Lipinski definition) is 3. The minimum Gasteiger partial charge on any atom is -0.331 e. The van der Waals surface area contributed by atoms with E-state index in [1.165, 1.54) is 0 Å². The highest BCUT2D eigenvalue weighted by atomic mass is 17.0. The monoisotopic (exact) mass is 104 g/mol. The molecule has 3 heteroatoms. The molecule has 1 rings (SSSR count). The Hall–Kier alpha value is -0.120. The van der Waals surface area contributed by atoms with Crippen molar-refractivity contribution in [2.24, 2.45) is 0 Å². The summed E-state index contributed by atoms with van der Waals surface area (Å²) in [5.74, 6) is -0.736. The molecule has 7 heavy (non-hydrogen) atoms. The largest absolute Gasteiger partial charge is 0.331 e. The molecule has 0 aromatic carbocycles. The van der Waals surface area contributed by atoms with Crippen LogP contribution in [0.3, 0.4) is 0 Å². The van der Waals surface area contributed by atoms with Crippen LogP contribution in [0.4, 0.5) is 0 Å². The molecule has 0 unspecified atom stereocenters. The summed E-state index contributed by atoms with van der Waals surface area (Å²) in [5, 5.41) is 0. The van der Waals surface area contributed by atoms with Gasteiger partial charge in [0.05, 0.1) is 0 Å². The molecule has 0 aromatic heterocycles. The van der Waals surface area contributed by atoms with Crippen LogP contribution in [-0.4, -0.2) is 19.9 Å². The molecule has 42 valence electrons. The van der Waals surface area contributed by atoms with E-state index in [-0.39, 0.29) is 0 Å². The molecule has 0 bridgehead atoms. The van der Waals surface area contributed by atoms with Gasteiger partial charge in [0.25, 0.3) is 5.97 Å². The fraction of sp³-hybridized carbons (Fsp3) is 1.00. The smallest absolute Gasteiger partial charge is 0.283 e. The maximum absolute atomic E-state index is 4.82. The highest BCUT2D eigenvalue weighted by Crippen LogP contribution is 2.21. The van der Waals surface area contributed by atoms with E-state index in [4.69, 9.17) is 14.2 Å². The van der Waals surface area contributed by atoms with Gasteiger partial charge in [-0.15, -0.1) is 0 Å². The van der Waals surface area contributed by atoms with Crippen LogP contribution in [0.2, 0.25) is 0 Å². The summed E-state index contributed by atoms with van der Waals surface area (Å²) in [6.07, 6.45) is 0. The van der Waals surface area contributed by atoms with Crippen LogP contribution in [0.1, 0.15) is 6.92 Å². The van der Waals surface area contributed by atoms with Crippen molar-refractivity contribution in [3.05, 3.63) is 0 Å². The molecule has 1 aliphatic heterocycles. The zero-order valence-corrected chi connectivity index (χ0v) is 4.43. The van der Waals surface area contributed by atoms with Crippen LogP contribution in [0.25, 0.3) is 0 Å². The molecular weight excluding hydrogens is 96.0 g/mol. The molecule has 1 saturated heterocycles. The van der Waals surface area contributed by atoms with Gasteiger partial charge in [0.2, 0.25) is 0 Å². The first-order chi connectivity index (χ1) is 3.27. The summed E-state index contributed by atoms with van der Waals surface area (Å²) in [5.41, 5.74) is 0. The molecule has 0 radical (unpaired) electrons. The van der Waals surface area contributed by atoms with Crippen LogP contribution in [-0.2, 0) is 14.2 Å². The molecule has 0 amide bonds. The molecule has 0 atom stereocenters. The molecule has 1 aliphatic rings. The predicted molar refractivity (Wildman–Crippen MR) is 22.5 cm³/mol. The topological polar surface area (TPSA) is 27.7 Å². The first kappa shape index (κ1) is 5.03. The molecular formula is C4H8O3. The lowest BCUT2D eigenvalue weighted by Gasteiger charge is -2.35. The quantitative estimate of drug-likeness (QED) is 0.479. The zero-order valence-electron chi connectivity index (χ0n) is 4.43. The van der Waals surface area contributed by atoms with Crippen molar-refractivity contribution in [3.8, 4) is 0 Å². The Labute approximate surface area is 42.2 Å². The average molecular weight is 104 g/mol. The first-order valence-corrected chi connectivity index (χ1v) is 2.10. The van der Waals surface area contributed by atoms with Gasteiger partial charge in [0.1, 0.15) is 0 Å². The summed E-state index contributed by atoms with van der Waals surface area (Å²) in [6, 6.07) is 0. The van der Waals surface area contributed by atoms with Crippen molar-refractivity contribution in [2.45, 2.75) is 12.9 Å². The Kier molecular flexibility index (Phi) is 1.03. The summed E-state index contributed by atoms with van der Waals surface area (Å²) >= 11 is 0. The van der Waals surface area contributed by atoms with Crippen LogP contribution in [0, 0.1) is 0 Å². The van der Waals surface area contributed by atoms with Gasteiger partial charge in [-0.1, -0.05) is 0 Å². The molecule has 1 fully saturated rings. The van der Waals surface area contributed by atoms with Crippen molar-refractivity contribution in [1.29, 1.82) is 0 Å². The molecule has 0 aliphatic carbocycles. The van der Waals surface area contributed by atoms with Gasteiger partial charge < -0.3 is 14.2 Å². The molecule has 0 spiro atoms. The lowest BCUT2D eigenvalue weighted by atomic mass is 10.6. The fourth-order valence-electron chi connectivity index (χ4n) is 0.343. The van der Waals surface area contributed by atoms with Crippen molar-refractivity contribution < 1.29 is 14.2 Å². The van der Waals surface area contributed by atoms with Crippen LogP contribution < -0.4 is 0 Å². The number of ether oxygens (including phenoxy) is 3. The lowest BCUT2D eigenvalue weighted by Crippen LogP contribution is -2.45. The van der Waals surface area contributed by atoms with Crippen molar-refractivity contribution >= 4 is 0 Å². The van der Waals surface area contributed by atoms with E-state index >= 15 is 0 Å². The highest BCUT2D eigenvalue weighted by molar-refractivity contribution is 4.49. The van der Waals surface area contributed by atoms with E-state index in [0.29, 0.717) is 6.79 Å². The van der Waals surface area contributed by atoms with E-state index in [9.17, 15) is 0 Å². The zero-order chi connectivity index (χ0) is 5.33. The van der Waals surface area contributed by atoms with E-state index in [1.807, 2.05) is 0 Å². The van der Waals surface area contributed by atoms with E-state index in [2.05, 4.69) is 0 Å². The highest BCUT2D eigenvalue weighted by Gasteiger charge is 2.33. The van der Waals surface area contributed by atoms with Gasteiger partial charge in [-0.2, -0.15) is 0 Å². The van der Waals surface area contributed by atoms with Crippen LogP contribution in [0.15, 0.2) is 0 Å². The maximum Gasteiger partial charge on any atom is 0.283 e. The van der Waals surface area contributed by atoms with E-state index < -0.39 is 5.97 Å². The fourth-order valence-corrected chi connectivity index (χ4v) is 0.343. The van der Waals surface area contributed by atoms with Crippen LogP contribution >= 0.6 is 0 Å². The molecule has 3 nitrogen and oxygen atoms in total. The third-order valence-electron chi connectivity index (χ3n) is 1.01. The molecule has 0 N–H and O–H groups in total. The standard InChI is InChI=1S/C4H8O3/c1-4(5-2)6-3-7-4/h3H2,1-2H3. The minimum atomic E-state index is -0.736. The predicted octanol–water partition coefficient (Wildman–Crippen LogP) is 0.311. The summed E-state index contributed by atoms with van der Waals surface area (Å²) in [4.78, 5) is 0. The lowest BCUT2D eigenvalue weighted by molar-refractivity contribution is -0.486. The van der Waals surface area contributed by atoms with Crippen LogP contribution in [0.5, 0.6) is 0 Å². The van der Waals surface area contributed by atoms with Gasteiger partial charge in [-0.05, 0) is 0 Å². The minimum absolute atomic E-state index is 0.352. The molecule has 0 aromatic rings. The number of hydrogen-bond donors (Lipinski definition) is 0. The summed E-state index contributed by atoms with van der Waals surface area (Å²) in [7, 11) is 1.54. The Balaban J connectivity index is 2.29. The van der Waals surface area contributed by atoms with Gasteiger partial charge in [0, 0.05) is 14.0 Å². The van der Waals surface area contributed by atoms with E-state index in [0.717, 1.165) is 0 Å². The molecule has 1 heterocycles. The van der Waals surface area contributed by atoms with Gasteiger partial charge >= 0.3 is 0 Å². The van der Waals surface area contributed by atoms with Crippen molar-refractivity contribution in [2.75, 3.05) is 13.9 Å². The first-order valence-electron chi connectivity index (χ1n) is 2.10. The normalized spacial score (nSPS) is 26.6. The second-order valence-corrected chi connectivity index (χ2v) is 1.47. The summed E-state index contributed by atoms with van der Waals surface area (Å²) in [6.45, 7) is 2.07. The Morgan fingerprint density at radius 1 is 1.57 bits per heavy atom. The Morgan fingerprint density at radius 2 is 2.14 bits per heavy atom. The van der Waals surface area contributed by atoms with Gasteiger partial charge in [-0.3, -0.25) is 0 Å². The molecule has 0 saturated carbocycles. The second kappa shape index (κ2) is 1.43. The Bertz CT molecular complexity index is 61.8. The Morgan fingerprint density at radius 3 is 2.14 bits per heavy atom. The third-order valence-corrected chi connectivity index (χ3v) is 1.01. The van der Waals surface area contributed by atoms with Crippen molar-refractivity contribution in [1.82, 2.24) is 0 Å². The van der Waals surface area contributed by atoms with Crippen molar-refractivity contribution in [3.63, 3.8) is 0 Å². The van der Waals surface area contributed by atoms with Gasteiger partial charge in [0.15, 0.2) is 6.79 Å². The van der Waals surface area contributed by atoms with Gasteiger partial charge in [-0.25, -0.2) is 0 Å². The van der Waals surface area contributed by atoms with E-state index in [1.54, 1.807) is 14.0 Å². The maximum atomic E-state index is 4.82. The number of methoxy groups -OCH3 is 1.